The van der Waals surface area contributed by atoms with Crippen LogP contribution in [0.25, 0.3) is 11.3 Å². The van der Waals surface area contributed by atoms with Gasteiger partial charge in [0.1, 0.15) is 6.61 Å². The van der Waals surface area contributed by atoms with Gasteiger partial charge in [0, 0.05) is 31.0 Å². The van der Waals surface area contributed by atoms with Crippen LogP contribution in [0.1, 0.15) is 36.0 Å². The Kier molecular flexibility index (Phi) is 6.54. The number of nitrogens with zero attached hydrogens (tertiary/aromatic N) is 2. The van der Waals surface area contributed by atoms with Crippen molar-refractivity contribution in [2.75, 3.05) is 19.5 Å². The van der Waals surface area contributed by atoms with Crippen molar-refractivity contribution in [1.29, 1.82) is 0 Å². The minimum atomic E-state index is -0.243. The summed E-state index contributed by atoms with van der Waals surface area (Å²) in [4.78, 5) is 32.9. The number of amides is 2. The Bertz CT molecular complexity index is 828. The Morgan fingerprint density at radius 1 is 1.18 bits per heavy atom. The summed E-state index contributed by atoms with van der Waals surface area (Å²) in [5.41, 5.74) is 7.42. The zero-order valence-electron chi connectivity index (χ0n) is 15.9. The lowest BCUT2D eigenvalue weighted by atomic mass is 9.90. The van der Waals surface area contributed by atoms with E-state index >= 15 is 0 Å². The number of carbonyl (C=O) groups excluding carboxylic acids is 2. The fourth-order valence-electron chi connectivity index (χ4n) is 3.49. The van der Waals surface area contributed by atoms with Crippen molar-refractivity contribution in [3.63, 3.8) is 0 Å². The molecule has 2 aromatic rings. The van der Waals surface area contributed by atoms with E-state index in [0.717, 1.165) is 24.8 Å². The summed E-state index contributed by atoms with van der Waals surface area (Å²) in [5, 5.41) is 6.01. The summed E-state index contributed by atoms with van der Waals surface area (Å²) in [6, 6.07) is 9.40. The van der Waals surface area contributed by atoms with Crippen molar-refractivity contribution in [1.82, 2.24) is 20.6 Å². The molecular weight excluding hydrogens is 358 g/mol. The van der Waals surface area contributed by atoms with Crippen LogP contribution in [0.5, 0.6) is 0 Å². The molecule has 0 saturated heterocycles. The number of hydrogen-bond donors (Lipinski definition) is 3. The van der Waals surface area contributed by atoms with Gasteiger partial charge in [0.2, 0.25) is 11.9 Å². The van der Waals surface area contributed by atoms with Gasteiger partial charge in [0.25, 0.3) is 5.91 Å². The van der Waals surface area contributed by atoms with E-state index in [1.54, 1.807) is 0 Å². The molecule has 2 amide bonds. The molecule has 1 aromatic carbocycles. The van der Waals surface area contributed by atoms with Crippen molar-refractivity contribution in [2.45, 2.75) is 37.8 Å². The van der Waals surface area contributed by atoms with Gasteiger partial charge in [-0.3, -0.25) is 9.59 Å². The summed E-state index contributed by atoms with van der Waals surface area (Å²) in [6.07, 6.45) is 4.81. The van der Waals surface area contributed by atoms with E-state index < -0.39 is 0 Å². The average molecular weight is 383 g/mol. The van der Waals surface area contributed by atoms with Crippen LogP contribution in [0.4, 0.5) is 5.95 Å². The molecule has 0 aliphatic heterocycles. The van der Waals surface area contributed by atoms with E-state index in [9.17, 15) is 9.59 Å². The highest BCUT2D eigenvalue weighted by Crippen LogP contribution is 2.23. The number of nitrogen functional groups attached to an aromatic ring is 1. The van der Waals surface area contributed by atoms with Crippen LogP contribution >= 0.6 is 0 Å². The van der Waals surface area contributed by atoms with E-state index in [4.69, 9.17) is 10.5 Å². The smallest absolute Gasteiger partial charge is 0.255 e. The molecule has 1 aromatic heterocycles. The van der Waals surface area contributed by atoms with Crippen LogP contribution in [0.3, 0.4) is 0 Å². The van der Waals surface area contributed by atoms with Crippen molar-refractivity contribution in [3.05, 3.63) is 42.1 Å². The first-order valence-electron chi connectivity index (χ1n) is 9.34. The number of anilines is 1. The Balaban J connectivity index is 1.70. The molecule has 0 spiro atoms. The molecule has 4 N–H and O–H groups in total. The molecule has 1 aliphatic carbocycles. The molecule has 1 aliphatic rings. The van der Waals surface area contributed by atoms with Gasteiger partial charge in [0.15, 0.2) is 0 Å². The van der Waals surface area contributed by atoms with Gasteiger partial charge in [0.05, 0.1) is 11.3 Å². The highest BCUT2D eigenvalue weighted by atomic mass is 16.5. The van der Waals surface area contributed by atoms with Crippen LogP contribution in [0.2, 0.25) is 0 Å². The molecule has 148 valence electrons. The first-order valence-corrected chi connectivity index (χ1v) is 9.34. The minimum Gasteiger partial charge on any atom is -0.375 e. The molecule has 28 heavy (non-hydrogen) atoms. The van der Waals surface area contributed by atoms with Gasteiger partial charge >= 0.3 is 0 Å². The highest BCUT2D eigenvalue weighted by Gasteiger charge is 2.26. The van der Waals surface area contributed by atoms with Crippen LogP contribution in [-0.4, -0.2) is 47.6 Å². The molecule has 1 fully saturated rings. The maximum Gasteiger partial charge on any atom is 0.255 e. The number of aromatic nitrogens is 2. The maximum atomic E-state index is 12.9. The monoisotopic (exact) mass is 383 g/mol. The number of benzene rings is 1. The lowest BCUT2D eigenvalue weighted by Gasteiger charge is -2.30. The molecule has 1 saturated carbocycles. The standard InChI is InChI=1S/C20H25N5O3/c1-28-12-17(26)23-14-8-5-9-15(10-14)24-19(27)16-11-22-20(21)25-18(16)13-6-3-2-4-7-13/h2-4,6-7,11,14-15H,5,8-10,12H2,1H3,(H,23,26)(H,24,27)(H2,21,22,25)/t14-,15-/m1/s1. The summed E-state index contributed by atoms with van der Waals surface area (Å²) in [7, 11) is 1.49. The topological polar surface area (TPSA) is 119 Å². The number of ether oxygens (including phenoxy) is 1. The van der Waals surface area contributed by atoms with Gasteiger partial charge in [-0.05, 0) is 25.7 Å². The maximum absolute atomic E-state index is 12.9. The van der Waals surface area contributed by atoms with E-state index in [2.05, 4.69) is 20.6 Å². The minimum absolute atomic E-state index is 0.0259. The third-order valence-corrected chi connectivity index (χ3v) is 4.75. The Labute approximate surface area is 163 Å². The number of methoxy groups -OCH3 is 1. The van der Waals surface area contributed by atoms with Gasteiger partial charge in [-0.2, -0.15) is 0 Å². The van der Waals surface area contributed by atoms with E-state index in [0.29, 0.717) is 17.7 Å². The third kappa shape index (κ3) is 5.04. The lowest BCUT2D eigenvalue weighted by molar-refractivity contribution is -0.125. The predicted octanol–water partition coefficient (Wildman–Crippen LogP) is 1.53. The first-order chi connectivity index (χ1) is 13.6. The van der Waals surface area contributed by atoms with Crippen molar-refractivity contribution in [3.8, 4) is 11.3 Å². The fraction of sp³-hybridized carbons (Fsp3) is 0.400. The van der Waals surface area contributed by atoms with Crippen LogP contribution < -0.4 is 16.4 Å². The SMILES string of the molecule is COCC(=O)N[C@@H]1CCC[C@@H](NC(=O)c2cnc(N)nc2-c2ccccc2)C1. The zero-order chi connectivity index (χ0) is 19.9. The van der Waals surface area contributed by atoms with Crippen molar-refractivity contribution >= 4 is 17.8 Å². The van der Waals surface area contributed by atoms with Crippen molar-refractivity contribution in [2.24, 2.45) is 0 Å². The summed E-state index contributed by atoms with van der Waals surface area (Å²) in [6.45, 7) is 0.0384. The summed E-state index contributed by atoms with van der Waals surface area (Å²) in [5.74, 6) is -0.264. The number of carbonyl (C=O) groups is 2. The van der Waals surface area contributed by atoms with Gasteiger partial charge < -0.3 is 21.1 Å². The average Bonchev–Trinajstić information content (AvgIpc) is 2.69. The van der Waals surface area contributed by atoms with Gasteiger partial charge in [-0.25, -0.2) is 9.97 Å². The van der Waals surface area contributed by atoms with E-state index in [1.165, 1.54) is 13.3 Å². The van der Waals surface area contributed by atoms with E-state index in [1.807, 2.05) is 30.3 Å². The van der Waals surface area contributed by atoms with Crippen LogP contribution in [0.15, 0.2) is 36.5 Å². The molecule has 0 bridgehead atoms. The van der Waals surface area contributed by atoms with Gasteiger partial charge in [-0.15, -0.1) is 0 Å². The Morgan fingerprint density at radius 3 is 2.61 bits per heavy atom. The second kappa shape index (κ2) is 9.27. The fourth-order valence-corrected chi connectivity index (χ4v) is 3.49. The summed E-state index contributed by atoms with van der Waals surface area (Å²) >= 11 is 0. The molecule has 8 nitrogen and oxygen atoms in total. The number of rotatable bonds is 6. The molecule has 1 heterocycles. The van der Waals surface area contributed by atoms with Crippen LogP contribution in [0, 0.1) is 0 Å². The largest absolute Gasteiger partial charge is 0.375 e. The molecule has 8 heteroatoms. The highest BCUT2D eigenvalue weighted by molar-refractivity contribution is 6.00. The quantitative estimate of drug-likeness (QED) is 0.696. The zero-order valence-corrected chi connectivity index (χ0v) is 15.9. The molecule has 0 unspecified atom stereocenters. The first kappa shape index (κ1) is 19.8. The predicted molar refractivity (Wildman–Crippen MR) is 105 cm³/mol. The van der Waals surface area contributed by atoms with Crippen molar-refractivity contribution < 1.29 is 14.3 Å². The van der Waals surface area contributed by atoms with Gasteiger partial charge in [-0.1, -0.05) is 30.3 Å². The second-order valence-corrected chi connectivity index (χ2v) is 6.89. The lowest BCUT2D eigenvalue weighted by Crippen LogP contribution is -2.46. The van der Waals surface area contributed by atoms with Crippen LogP contribution in [-0.2, 0) is 9.53 Å². The molecule has 2 atom stereocenters. The second-order valence-electron chi connectivity index (χ2n) is 6.89. The Morgan fingerprint density at radius 2 is 1.89 bits per heavy atom. The molecular formula is C20H25N5O3. The number of nitrogens with two attached hydrogens (primary N) is 1. The third-order valence-electron chi connectivity index (χ3n) is 4.75. The van der Waals surface area contributed by atoms with E-state index in [-0.39, 0.29) is 36.5 Å². The molecule has 3 rings (SSSR count). The summed E-state index contributed by atoms with van der Waals surface area (Å²) < 4.78 is 4.85. The normalized spacial score (nSPS) is 19.0. The number of nitrogens with one attached hydrogen (secondary N) is 2. The molecule has 0 radical (unpaired) electrons. The number of hydrogen-bond acceptors (Lipinski definition) is 6. The Hall–Kier alpha value is -3.00.